The minimum atomic E-state index is -0.120. The van der Waals surface area contributed by atoms with Crippen molar-refractivity contribution in [2.75, 3.05) is 26.2 Å². The third-order valence-corrected chi connectivity index (χ3v) is 5.30. The summed E-state index contributed by atoms with van der Waals surface area (Å²) >= 11 is 0. The lowest BCUT2D eigenvalue weighted by Crippen LogP contribution is -2.51. The lowest BCUT2D eigenvalue weighted by molar-refractivity contribution is -0.142. The molecular formula is C16H30N2O. The summed E-state index contributed by atoms with van der Waals surface area (Å²) in [6, 6.07) is 0. The van der Waals surface area contributed by atoms with Crippen LogP contribution >= 0.6 is 0 Å². The first-order chi connectivity index (χ1) is 8.89. The number of piperidine rings is 1. The van der Waals surface area contributed by atoms with Crippen LogP contribution in [0.1, 0.15) is 53.4 Å². The summed E-state index contributed by atoms with van der Waals surface area (Å²) in [4.78, 5) is 15.1. The van der Waals surface area contributed by atoms with Crippen molar-refractivity contribution in [3.05, 3.63) is 0 Å². The first kappa shape index (κ1) is 14.8. The molecule has 2 fully saturated rings. The molecule has 0 radical (unpaired) electrons. The Morgan fingerprint density at radius 1 is 1.42 bits per heavy atom. The smallest absolute Gasteiger partial charge is 0.230 e. The summed E-state index contributed by atoms with van der Waals surface area (Å²) in [5, 5.41) is 3.42. The summed E-state index contributed by atoms with van der Waals surface area (Å²) in [5.41, 5.74) is 0.199. The molecule has 2 heterocycles. The van der Waals surface area contributed by atoms with E-state index in [0.717, 1.165) is 45.4 Å². The van der Waals surface area contributed by atoms with Gasteiger partial charge >= 0.3 is 0 Å². The van der Waals surface area contributed by atoms with Crippen LogP contribution < -0.4 is 5.32 Å². The Kier molecular flexibility index (Phi) is 4.24. The zero-order valence-electron chi connectivity index (χ0n) is 13.1. The Morgan fingerprint density at radius 3 is 2.63 bits per heavy atom. The summed E-state index contributed by atoms with van der Waals surface area (Å²) in [6.07, 6.45) is 4.33. The number of carbonyl (C=O) groups excluding carboxylic acids is 1. The molecule has 3 nitrogen and oxygen atoms in total. The molecule has 2 unspecified atom stereocenters. The van der Waals surface area contributed by atoms with E-state index >= 15 is 0 Å². The van der Waals surface area contributed by atoms with E-state index in [2.05, 4.69) is 37.9 Å². The van der Waals surface area contributed by atoms with Crippen LogP contribution in [0.5, 0.6) is 0 Å². The van der Waals surface area contributed by atoms with Crippen LogP contribution in [0, 0.1) is 16.7 Å². The van der Waals surface area contributed by atoms with E-state index in [1.54, 1.807) is 0 Å². The predicted molar refractivity (Wildman–Crippen MR) is 79.0 cm³/mol. The highest BCUT2D eigenvalue weighted by atomic mass is 16.2. The average Bonchev–Trinajstić information content (AvgIpc) is 2.88. The van der Waals surface area contributed by atoms with Gasteiger partial charge < -0.3 is 10.2 Å². The molecule has 2 aliphatic rings. The van der Waals surface area contributed by atoms with Gasteiger partial charge in [-0.1, -0.05) is 27.7 Å². The van der Waals surface area contributed by atoms with Crippen LogP contribution in [0.2, 0.25) is 0 Å². The summed E-state index contributed by atoms with van der Waals surface area (Å²) in [7, 11) is 0. The van der Waals surface area contributed by atoms with Gasteiger partial charge in [0.2, 0.25) is 5.91 Å². The molecule has 2 aliphatic heterocycles. The van der Waals surface area contributed by atoms with E-state index in [9.17, 15) is 4.79 Å². The Labute approximate surface area is 118 Å². The number of rotatable bonds is 2. The van der Waals surface area contributed by atoms with Gasteiger partial charge in [0.05, 0.1) is 5.41 Å². The van der Waals surface area contributed by atoms with Crippen molar-refractivity contribution in [2.45, 2.75) is 53.4 Å². The Hall–Kier alpha value is -0.570. The molecule has 3 heteroatoms. The molecule has 1 N–H and O–H groups in total. The fourth-order valence-corrected chi connectivity index (χ4v) is 3.59. The van der Waals surface area contributed by atoms with E-state index in [1.807, 2.05) is 0 Å². The molecule has 19 heavy (non-hydrogen) atoms. The molecule has 1 amide bonds. The second kappa shape index (κ2) is 5.43. The summed E-state index contributed by atoms with van der Waals surface area (Å²) in [5.74, 6) is 1.07. The highest BCUT2D eigenvalue weighted by Gasteiger charge is 2.43. The second-order valence-electron chi connectivity index (χ2n) is 7.52. The van der Waals surface area contributed by atoms with E-state index in [-0.39, 0.29) is 5.41 Å². The average molecular weight is 266 g/mol. The fourth-order valence-electron chi connectivity index (χ4n) is 3.59. The van der Waals surface area contributed by atoms with E-state index < -0.39 is 0 Å². The van der Waals surface area contributed by atoms with Crippen LogP contribution in [0.4, 0.5) is 0 Å². The third-order valence-electron chi connectivity index (χ3n) is 5.30. The second-order valence-corrected chi connectivity index (χ2v) is 7.52. The SMILES string of the molecule is CCC1(C(=O)N2CCC(C(C)(C)C)C2)CCCNC1. The standard InChI is InChI=1S/C16H30N2O/c1-5-16(8-6-9-17-12-16)14(19)18-10-7-13(11-18)15(2,3)4/h13,17H,5-12H2,1-4H3. The summed E-state index contributed by atoms with van der Waals surface area (Å²) < 4.78 is 0. The maximum atomic E-state index is 12.9. The van der Waals surface area contributed by atoms with Gasteiger partial charge in [0.25, 0.3) is 0 Å². The van der Waals surface area contributed by atoms with Crippen LogP contribution in [0.3, 0.4) is 0 Å². The third kappa shape index (κ3) is 2.96. The van der Waals surface area contributed by atoms with Gasteiger partial charge in [0.15, 0.2) is 0 Å². The Balaban J connectivity index is 2.04. The van der Waals surface area contributed by atoms with Crippen molar-refractivity contribution in [3.8, 4) is 0 Å². The number of hydrogen-bond donors (Lipinski definition) is 1. The van der Waals surface area contributed by atoms with Crippen LogP contribution in [0.15, 0.2) is 0 Å². The summed E-state index contributed by atoms with van der Waals surface area (Å²) in [6.45, 7) is 12.9. The van der Waals surface area contributed by atoms with Crippen molar-refractivity contribution in [1.82, 2.24) is 10.2 Å². The zero-order chi connectivity index (χ0) is 14.1. The Bertz CT molecular complexity index is 326. The van der Waals surface area contributed by atoms with E-state index in [1.165, 1.54) is 6.42 Å². The van der Waals surface area contributed by atoms with Crippen LogP contribution in [0.25, 0.3) is 0 Å². The topological polar surface area (TPSA) is 32.3 Å². The maximum Gasteiger partial charge on any atom is 0.230 e. The molecular weight excluding hydrogens is 236 g/mol. The quantitative estimate of drug-likeness (QED) is 0.833. The number of carbonyl (C=O) groups is 1. The molecule has 110 valence electrons. The first-order valence-electron chi connectivity index (χ1n) is 7.89. The monoisotopic (exact) mass is 266 g/mol. The molecule has 2 atom stereocenters. The van der Waals surface area contributed by atoms with Crippen LogP contribution in [-0.2, 0) is 4.79 Å². The van der Waals surface area contributed by atoms with Crippen molar-refractivity contribution >= 4 is 5.91 Å². The molecule has 0 aromatic heterocycles. The number of likely N-dealkylation sites (tertiary alicyclic amines) is 1. The minimum absolute atomic E-state index is 0.120. The van der Waals surface area contributed by atoms with Crippen LogP contribution in [-0.4, -0.2) is 37.0 Å². The van der Waals surface area contributed by atoms with Crippen molar-refractivity contribution < 1.29 is 4.79 Å². The molecule has 0 aromatic carbocycles. The fraction of sp³-hybridized carbons (Fsp3) is 0.938. The lowest BCUT2D eigenvalue weighted by atomic mass is 9.77. The molecule has 0 spiro atoms. The highest BCUT2D eigenvalue weighted by Crippen LogP contribution is 2.38. The zero-order valence-corrected chi connectivity index (χ0v) is 13.1. The minimum Gasteiger partial charge on any atom is -0.342 e. The van der Waals surface area contributed by atoms with E-state index in [0.29, 0.717) is 17.2 Å². The van der Waals surface area contributed by atoms with E-state index in [4.69, 9.17) is 0 Å². The molecule has 0 bridgehead atoms. The highest BCUT2D eigenvalue weighted by molar-refractivity contribution is 5.83. The molecule has 0 aliphatic carbocycles. The molecule has 0 aromatic rings. The van der Waals surface area contributed by atoms with Gasteiger partial charge in [0.1, 0.15) is 0 Å². The van der Waals surface area contributed by atoms with Gasteiger partial charge in [0, 0.05) is 19.6 Å². The number of nitrogens with zero attached hydrogens (tertiary/aromatic N) is 1. The van der Waals surface area contributed by atoms with Gasteiger partial charge in [-0.25, -0.2) is 0 Å². The lowest BCUT2D eigenvalue weighted by Gasteiger charge is -2.38. The molecule has 2 saturated heterocycles. The number of hydrogen-bond acceptors (Lipinski definition) is 2. The van der Waals surface area contributed by atoms with Gasteiger partial charge in [-0.2, -0.15) is 0 Å². The van der Waals surface area contributed by atoms with Gasteiger partial charge in [-0.05, 0) is 43.6 Å². The van der Waals surface area contributed by atoms with Crippen molar-refractivity contribution in [2.24, 2.45) is 16.7 Å². The van der Waals surface area contributed by atoms with Crippen molar-refractivity contribution in [1.29, 1.82) is 0 Å². The Morgan fingerprint density at radius 2 is 2.16 bits per heavy atom. The molecule has 2 rings (SSSR count). The van der Waals surface area contributed by atoms with Gasteiger partial charge in [-0.3, -0.25) is 4.79 Å². The number of amides is 1. The number of nitrogens with one attached hydrogen (secondary N) is 1. The normalized spacial score (nSPS) is 32.6. The van der Waals surface area contributed by atoms with Gasteiger partial charge in [-0.15, -0.1) is 0 Å². The largest absolute Gasteiger partial charge is 0.342 e. The predicted octanol–water partition coefficient (Wildman–Crippen LogP) is 2.66. The molecule has 0 saturated carbocycles. The maximum absolute atomic E-state index is 12.9. The first-order valence-corrected chi connectivity index (χ1v) is 7.89. The van der Waals surface area contributed by atoms with Crippen molar-refractivity contribution in [3.63, 3.8) is 0 Å².